The van der Waals surface area contributed by atoms with Crippen LogP contribution in [0.1, 0.15) is 20.3 Å². The Balaban J connectivity index is 2.37. The van der Waals surface area contributed by atoms with Crippen LogP contribution in [0.3, 0.4) is 0 Å². The van der Waals surface area contributed by atoms with E-state index in [9.17, 15) is 0 Å². The van der Waals surface area contributed by atoms with E-state index in [4.69, 9.17) is 5.11 Å². The second-order valence-electron chi connectivity index (χ2n) is 4.18. The van der Waals surface area contributed by atoms with E-state index in [-0.39, 0.29) is 6.61 Å². The Morgan fingerprint density at radius 1 is 1.58 bits per heavy atom. The summed E-state index contributed by atoms with van der Waals surface area (Å²) in [6, 6.07) is 0.547. The van der Waals surface area contributed by atoms with Gasteiger partial charge in [0.1, 0.15) is 0 Å². The average Bonchev–Trinajstić information content (AvgIpc) is 2.02. The van der Waals surface area contributed by atoms with Gasteiger partial charge < -0.3 is 15.7 Å². The predicted molar refractivity (Wildman–Crippen MR) is 50.1 cm³/mol. The lowest BCUT2D eigenvalue weighted by Crippen LogP contribution is -2.53. The van der Waals surface area contributed by atoms with Crippen molar-refractivity contribution in [3.63, 3.8) is 0 Å². The van der Waals surface area contributed by atoms with Gasteiger partial charge in [-0.3, -0.25) is 0 Å². The van der Waals surface area contributed by atoms with Gasteiger partial charge in [-0.2, -0.15) is 0 Å². The van der Waals surface area contributed by atoms with E-state index >= 15 is 0 Å². The molecule has 1 rings (SSSR count). The fourth-order valence-corrected chi connectivity index (χ4v) is 1.79. The highest BCUT2D eigenvalue weighted by molar-refractivity contribution is 4.89. The van der Waals surface area contributed by atoms with Gasteiger partial charge in [0, 0.05) is 19.1 Å². The molecule has 1 aliphatic heterocycles. The summed E-state index contributed by atoms with van der Waals surface area (Å²) in [6.07, 6.45) is 1.16. The van der Waals surface area contributed by atoms with Gasteiger partial charge in [-0.25, -0.2) is 0 Å². The minimum absolute atomic E-state index is 0.236. The summed E-state index contributed by atoms with van der Waals surface area (Å²) >= 11 is 0. The van der Waals surface area contributed by atoms with Crippen molar-refractivity contribution >= 4 is 0 Å². The standard InChI is InChI=1S/C9H20N2O/c1-9(2)7-10-4-3-8(9)11-5-6-12/h8,10-12H,3-7H2,1-2H3. The molecule has 1 aliphatic rings. The highest BCUT2D eigenvalue weighted by Gasteiger charge is 2.31. The normalized spacial score (nSPS) is 28.8. The first-order chi connectivity index (χ1) is 5.67. The number of rotatable bonds is 3. The number of hydrogen-bond acceptors (Lipinski definition) is 3. The van der Waals surface area contributed by atoms with Crippen LogP contribution in [-0.4, -0.2) is 37.4 Å². The van der Waals surface area contributed by atoms with Crippen LogP contribution in [-0.2, 0) is 0 Å². The molecule has 0 aromatic heterocycles. The van der Waals surface area contributed by atoms with Crippen molar-refractivity contribution in [3.05, 3.63) is 0 Å². The molecule has 3 nitrogen and oxygen atoms in total. The summed E-state index contributed by atoms with van der Waals surface area (Å²) < 4.78 is 0. The largest absolute Gasteiger partial charge is 0.395 e. The van der Waals surface area contributed by atoms with Crippen molar-refractivity contribution in [2.24, 2.45) is 5.41 Å². The number of aliphatic hydroxyl groups excluding tert-OH is 1. The van der Waals surface area contributed by atoms with Gasteiger partial charge in [-0.05, 0) is 18.4 Å². The highest BCUT2D eigenvalue weighted by Crippen LogP contribution is 2.24. The van der Waals surface area contributed by atoms with Crippen LogP contribution in [0.2, 0.25) is 0 Å². The Hall–Kier alpha value is -0.120. The molecule has 1 heterocycles. The lowest BCUT2D eigenvalue weighted by atomic mass is 9.80. The predicted octanol–water partition coefficient (Wildman–Crippen LogP) is -0.0436. The fourth-order valence-electron chi connectivity index (χ4n) is 1.79. The smallest absolute Gasteiger partial charge is 0.0556 e. The summed E-state index contributed by atoms with van der Waals surface area (Å²) in [5, 5.41) is 15.4. The van der Waals surface area contributed by atoms with Crippen molar-refractivity contribution in [1.82, 2.24) is 10.6 Å². The first kappa shape index (κ1) is 9.96. The molecule has 1 saturated heterocycles. The highest BCUT2D eigenvalue weighted by atomic mass is 16.3. The van der Waals surface area contributed by atoms with Gasteiger partial charge in [0.2, 0.25) is 0 Å². The van der Waals surface area contributed by atoms with Crippen molar-refractivity contribution in [2.45, 2.75) is 26.3 Å². The van der Waals surface area contributed by atoms with Crippen molar-refractivity contribution in [1.29, 1.82) is 0 Å². The molecule has 0 saturated carbocycles. The third-order valence-electron chi connectivity index (χ3n) is 2.64. The molecular formula is C9H20N2O. The minimum atomic E-state index is 0.236. The van der Waals surface area contributed by atoms with Crippen LogP contribution in [0.5, 0.6) is 0 Å². The van der Waals surface area contributed by atoms with Gasteiger partial charge in [0.05, 0.1) is 6.61 Å². The molecule has 0 amide bonds. The molecule has 72 valence electrons. The zero-order chi connectivity index (χ0) is 9.03. The fraction of sp³-hybridized carbons (Fsp3) is 1.00. The third kappa shape index (κ3) is 2.44. The van der Waals surface area contributed by atoms with Crippen LogP contribution in [0, 0.1) is 5.41 Å². The maximum absolute atomic E-state index is 8.69. The zero-order valence-electron chi connectivity index (χ0n) is 8.06. The maximum Gasteiger partial charge on any atom is 0.0556 e. The summed E-state index contributed by atoms with van der Waals surface area (Å²) in [4.78, 5) is 0. The molecule has 0 bridgehead atoms. The molecule has 0 aromatic rings. The Morgan fingerprint density at radius 2 is 2.33 bits per heavy atom. The number of piperidine rings is 1. The molecule has 1 unspecified atom stereocenters. The average molecular weight is 172 g/mol. The molecule has 12 heavy (non-hydrogen) atoms. The van der Waals surface area contributed by atoms with Crippen LogP contribution in [0.25, 0.3) is 0 Å². The summed E-state index contributed by atoms with van der Waals surface area (Å²) in [5.74, 6) is 0. The van der Waals surface area contributed by atoms with Crippen LogP contribution < -0.4 is 10.6 Å². The molecule has 3 N–H and O–H groups in total. The van der Waals surface area contributed by atoms with E-state index in [0.29, 0.717) is 18.0 Å². The second-order valence-corrected chi connectivity index (χ2v) is 4.18. The van der Waals surface area contributed by atoms with Crippen molar-refractivity contribution in [2.75, 3.05) is 26.2 Å². The monoisotopic (exact) mass is 172 g/mol. The Morgan fingerprint density at radius 3 is 2.92 bits per heavy atom. The molecular weight excluding hydrogens is 152 g/mol. The zero-order valence-corrected chi connectivity index (χ0v) is 8.06. The SMILES string of the molecule is CC1(C)CNCCC1NCCO. The van der Waals surface area contributed by atoms with Crippen LogP contribution in [0.15, 0.2) is 0 Å². The van der Waals surface area contributed by atoms with Gasteiger partial charge in [-0.15, -0.1) is 0 Å². The maximum atomic E-state index is 8.69. The molecule has 0 spiro atoms. The molecule has 0 aromatic carbocycles. The minimum Gasteiger partial charge on any atom is -0.395 e. The summed E-state index contributed by atoms with van der Waals surface area (Å²) in [7, 11) is 0. The van der Waals surface area contributed by atoms with Gasteiger partial charge in [0.25, 0.3) is 0 Å². The Kier molecular flexibility index (Phi) is 3.50. The lowest BCUT2D eigenvalue weighted by Gasteiger charge is -2.39. The van der Waals surface area contributed by atoms with Gasteiger partial charge >= 0.3 is 0 Å². The van der Waals surface area contributed by atoms with Gasteiger partial charge in [0.15, 0.2) is 0 Å². The Labute approximate surface area is 74.5 Å². The summed E-state index contributed by atoms with van der Waals surface area (Å²) in [6.45, 7) is 7.62. The van der Waals surface area contributed by atoms with Crippen molar-refractivity contribution < 1.29 is 5.11 Å². The van der Waals surface area contributed by atoms with E-state index in [1.54, 1.807) is 0 Å². The number of hydrogen-bond donors (Lipinski definition) is 3. The molecule has 3 heteroatoms. The first-order valence-electron chi connectivity index (χ1n) is 4.72. The molecule has 0 aliphatic carbocycles. The van der Waals surface area contributed by atoms with E-state index in [1.807, 2.05) is 0 Å². The molecule has 1 atom stereocenters. The Bertz CT molecular complexity index is 136. The van der Waals surface area contributed by atoms with E-state index < -0.39 is 0 Å². The van der Waals surface area contributed by atoms with Crippen LogP contribution in [0.4, 0.5) is 0 Å². The van der Waals surface area contributed by atoms with Crippen molar-refractivity contribution in [3.8, 4) is 0 Å². The first-order valence-corrected chi connectivity index (χ1v) is 4.72. The van der Waals surface area contributed by atoms with Crippen LogP contribution >= 0.6 is 0 Å². The third-order valence-corrected chi connectivity index (χ3v) is 2.64. The van der Waals surface area contributed by atoms with E-state index in [0.717, 1.165) is 19.5 Å². The summed E-state index contributed by atoms with van der Waals surface area (Å²) in [5.41, 5.74) is 0.313. The van der Waals surface area contributed by atoms with Gasteiger partial charge in [-0.1, -0.05) is 13.8 Å². The van der Waals surface area contributed by atoms with E-state index in [1.165, 1.54) is 0 Å². The molecule has 0 radical (unpaired) electrons. The second kappa shape index (κ2) is 4.21. The molecule has 1 fully saturated rings. The topological polar surface area (TPSA) is 44.3 Å². The lowest BCUT2D eigenvalue weighted by molar-refractivity contribution is 0.174. The number of nitrogens with one attached hydrogen (secondary N) is 2. The number of aliphatic hydroxyl groups is 1. The quantitative estimate of drug-likeness (QED) is 0.559. The van der Waals surface area contributed by atoms with E-state index in [2.05, 4.69) is 24.5 Å².